The molecule has 1 atom stereocenters. The monoisotopic (exact) mass is 287 g/mol. The van der Waals surface area contributed by atoms with Gasteiger partial charge in [0.15, 0.2) is 0 Å². The molecule has 0 bridgehead atoms. The Balaban J connectivity index is 1.83. The molecule has 0 radical (unpaired) electrons. The van der Waals surface area contributed by atoms with Crippen molar-refractivity contribution in [3.8, 4) is 5.75 Å². The third-order valence-corrected chi connectivity index (χ3v) is 3.58. The Morgan fingerprint density at radius 2 is 1.95 bits per heavy atom. The van der Waals surface area contributed by atoms with E-state index in [2.05, 4.69) is 0 Å². The van der Waals surface area contributed by atoms with Crippen LogP contribution in [0.3, 0.4) is 0 Å². The molecule has 0 aliphatic heterocycles. The fourth-order valence-electron chi connectivity index (χ4n) is 2.43. The second-order valence-electron chi connectivity index (χ2n) is 5.26. The Hall–Kier alpha value is -1.87. The van der Waals surface area contributed by atoms with Crippen LogP contribution in [0.5, 0.6) is 5.75 Å². The Kier molecular flexibility index (Phi) is 5.76. The number of nitrogens with two attached hydrogens (primary N) is 1. The minimum Gasteiger partial charge on any atom is -0.494 e. The van der Waals surface area contributed by atoms with Crippen LogP contribution in [0.1, 0.15) is 29.9 Å². The van der Waals surface area contributed by atoms with Gasteiger partial charge in [0, 0.05) is 0 Å². The number of ether oxygens (including phenoxy) is 1. The smallest absolute Gasteiger partial charge is 0.126 e. The Morgan fingerprint density at radius 1 is 1.14 bits per heavy atom. The third kappa shape index (κ3) is 4.57. The van der Waals surface area contributed by atoms with Crippen LogP contribution in [-0.2, 0) is 0 Å². The molecule has 2 N–H and O–H groups in total. The number of aryl methyl sites for hydroxylation is 1. The first-order valence-electron chi connectivity index (χ1n) is 7.34. The Bertz CT molecular complexity index is 571. The third-order valence-electron chi connectivity index (χ3n) is 3.58. The van der Waals surface area contributed by atoms with Gasteiger partial charge in [0.2, 0.25) is 0 Å². The molecule has 2 nitrogen and oxygen atoms in total. The molecule has 0 heterocycles. The zero-order valence-corrected chi connectivity index (χ0v) is 12.4. The van der Waals surface area contributed by atoms with Gasteiger partial charge in [0.05, 0.1) is 6.61 Å². The van der Waals surface area contributed by atoms with Crippen molar-refractivity contribution in [2.24, 2.45) is 5.73 Å². The van der Waals surface area contributed by atoms with E-state index in [9.17, 15) is 4.39 Å². The summed E-state index contributed by atoms with van der Waals surface area (Å²) < 4.78 is 19.5. The summed E-state index contributed by atoms with van der Waals surface area (Å²) in [6, 6.07) is 14.8. The molecule has 1 unspecified atom stereocenters. The first-order valence-corrected chi connectivity index (χ1v) is 7.34. The summed E-state index contributed by atoms with van der Waals surface area (Å²) in [6.07, 6.45) is 1.67. The van der Waals surface area contributed by atoms with E-state index in [1.165, 1.54) is 11.6 Å². The predicted molar refractivity (Wildman–Crippen MR) is 84.1 cm³/mol. The summed E-state index contributed by atoms with van der Waals surface area (Å²) >= 11 is 0. The molecule has 0 spiro atoms. The quantitative estimate of drug-likeness (QED) is 0.780. The molecular formula is C18H22FNO. The van der Waals surface area contributed by atoms with Crippen LogP contribution < -0.4 is 10.5 Å². The topological polar surface area (TPSA) is 35.2 Å². The van der Waals surface area contributed by atoms with E-state index in [-0.39, 0.29) is 11.7 Å². The molecule has 3 heteroatoms. The van der Waals surface area contributed by atoms with Crippen LogP contribution >= 0.6 is 0 Å². The number of hydrogen-bond donors (Lipinski definition) is 1. The van der Waals surface area contributed by atoms with E-state index in [4.69, 9.17) is 10.5 Å². The van der Waals surface area contributed by atoms with Gasteiger partial charge in [0.25, 0.3) is 0 Å². The van der Waals surface area contributed by atoms with Gasteiger partial charge in [-0.3, -0.25) is 0 Å². The molecule has 0 amide bonds. The molecule has 21 heavy (non-hydrogen) atoms. The number of benzene rings is 2. The minimum absolute atomic E-state index is 0.0484. The van der Waals surface area contributed by atoms with Crippen molar-refractivity contribution in [1.82, 2.24) is 0 Å². The van der Waals surface area contributed by atoms with E-state index in [1.807, 2.05) is 43.3 Å². The Morgan fingerprint density at radius 3 is 2.67 bits per heavy atom. The average Bonchev–Trinajstić information content (AvgIpc) is 2.49. The summed E-state index contributed by atoms with van der Waals surface area (Å²) in [5, 5.41) is 0. The lowest BCUT2D eigenvalue weighted by Gasteiger charge is -2.16. The van der Waals surface area contributed by atoms with Crippen molar-refractivity contribution in [2.45, 2.75) is 25.7 Å². The van der Waals surface area contributed by atoms with E-state index in [0.29, 0.717) is 18.7 Å². The molecule has 0 saturated heterocycles. The maximum atomic E-state index is 13.8. The largest absolute Gasteiger partial charge is 0.494 e. The molecule has 112 valence electrons. The number of halogens is 1. The van der Waals surface area contributed by atoms with Crippen LogP contribution in [0.25, 0.3) is 0 Å². The van der Waals surface area contributed by atoms with Gasteiger partial charge in [-0.15, -0.1) is 0 Å². The van der Waals surface area contributed by atoms with Crippen molar-refractivity contribution >= 4 is 0 Å². The molecule has 0 aliphatic rings. The molecule has 0 aromatic heterocycles. The van der Waals surface area contributed by atoms with Crippen LogP contribution in [0.2, 0.25) is 0 Å². The average molecular weight is 287 g/mol. The lowest BCUT2D eigenvalue weighted by Crippen LogP contribution is -2.15. The molecule has 0 aliphatic carbocycles. The zero-order valence-electron chi connectivity index (χ0n) is 12.4. The van der Waals surface area contributed by atoms with Crippen LogP contribution in [0.4, 0.5) is 4.39 Å². The first kappa shape index (κ1) is 15.5. The van der Waals surface area contributed by atoms with Gasteiger partial charge in [-0.25, -0.2) is 4.39 Å². The van der Waals surface area contributed by atoms with E-state index < -0.39 is 0 Å². The molecule has 0 fully saturated rings. The van der Waals surface area contributed by atoms with Gasteiger partial charge in [-0.1, -0.05) is 30.3 Å². The summed E-state index contributed by atoms with van der Waals surface area (Å²) in [4.78, 5) is 0. The van der Waals surface area contributed by atoms with Gasteiger partial charge in [-0.2, -0.15) is 0 Å². The summed E-state index contributed by atoms with van der Waals surface area (Å²) in [5.74, 6) is 0.755. The molecular weight excluding hydrogens is 265 g/mol. The van der Waals surface area contributed by atoms with E-state index in [1.54, 1.807) is 6.07 Å². The highest BCUT2D eigenvalue weighted by Crippen LogP contribution is 2.23. The van der Waals surface area contributed by atoms with Crippen LogP contribution in [0.15, 0.2) is 48.5 Å². The summed E-state index contributed by atoms with van der Waals surface area (Å²) in [6.45, 7) is 3.11. The number of hydrogen-bond acceptors (Lipinski definition) is 2. The maximum Gasteiger partial charge on any atom is 0.126 e. The van der Waals surface area contributed by atoms with Crippen molar-refractivity contribution in [3.63, 3.8) is 0 Å². The lowest BCUT2D eigenvalue weighted by atomic mass is 9.94. The normalized spacial score (nSPS) is 12.1. The summed E-state index contributed by atoms with van der Waals surface area (Å²) in [5.41, 5.74) is 7.66. The molecule has 0 saturated carbocycles. The van der Waals surface area contributed by atoms with Crippen molar-refractivity contribution in [1.29, 1.82) is 0 Å². The fraction of sp³-hybridized carbons (Fsp3) is 0.333. The zero-order chi connectivity index (χ0) is 15.1. The van der Waals surface area contributed by atoms with Crippen LogP contribution in [-0.4, -0.2) is 13.2 Å². The predicted octanol–water partition coefficient (Wildman–Crippen LogP) is 4.04. The maximum absolute atomic E-state index is 13.8. The van der Waals surface area contributed by atoms with E-state index in [0.717, 1.165) is 18.6 Å². The van der Waals surface area contributed by atoms with Crippen molar-refractivity contribution in [2.75, 3.05) is 13.2 Å². The fourth-order valence-corrected chi connectivity index (χ4v) is 2.43. The van der Waals surface area contributed by atoms with E-state index >= 15 is 0 Å². The van der Waals surface area contributed by atoms with Crippen LogP contribution in [0, 0.1) is 12.7 Å². The highest BCUT2D eigenvalue weighted by molar-refractivity contribution is 5.27. The minimum atomic E-state index is -0.174. The summed E-state index contributed by atoms with van der Waals surface area (Å²) in [7, 11) is 0. The lowest BCUT2D eigenvalue weighted by molar-refractivity contribution is 0.301. The number of rotatable bonds is 7. The Labute approximate surface area is 125 Å². The molecule has 2 aromatic rings. The highest BCUT2D eigenvalue weighted by atomic mass is 19.1. The molecule has 2 aromatic carbocycles. The van der Waals surface area contributed by atoms with Gasteiger partial charge in [0.1, 0.15) is 11.6 Å². The molecule has 2 rings (SSSR count). The van der Waals surface area contributed by atoms with Crippen molar-refractivity contribution < 1.29 is 9.13 Å². The SMILES string of the molecule is Cc1cccc(OCCCC(CN)c2ccccc2F)c1. The van der Waals surface area contributed by atoms with Gasteiger partial charge in [-0.05, 0) is 61.6 Å². The standard InChI is InChI=1S/C18H22FNO/c1-14-6-4-8-16(12-14)21-11-5-7-15(13-20)17-9-2-3-10-18(17)19/h2-4,6,8-10,12,15H,5,7,11,13,20H2,1H3. The second-order valence-corrected chi connectivity index (χ2v) is 5.26. The van der Waals surface area contributed by atoms with Crippen molar-refractivity contribution in [3.05, 3.63) is 65.5 Å². The van der Waals surface area contributed by atoms with Gasteiger partial charge < -0.3 is 10.5 Å². The highest BCUT2D eigenvalue weighted by Gasteiger charge is 2.13. The second kappa shape index (κ2) is 7.79. The first-order chi connectivity index (χ1) is 10.2. The van der Waals surface area contributed by atoms with Gasteiger partial charge >= 0.3 is 0 Å².